The SMILES string of the molecule is CN(CCc1ccccn1)C(=O)CCC1CCCNC1. The van der Waals surface area contributed by atoms with Gasteiger partial charge >= 0.3 is 0 Å². The average molecular weight is 275 g/mol. The summed E-state index contributed by atoms with van der Waals surface area (Å²) < 4.78 is 0. The third kappa shape index (κ3) is 4.93. The number of amides is 1. The zero-order valence-corrected chi connectivity index (χ0v) is 12.3. The van der Waals surface area contributed by atoms with E-state index < -0.39 is 0 Å². The third-order valence-corrected chi connectivity index (χ3v) is 4.02. The van der Waals surface area contributed by atoms with Gasteiger partial charge in [0.25, 0.3) is 0 Å². The second-order valence-corrected chi connectivity index (χ2v) is 5.64. The fourth-order valence-corrected chi connectivity index (χ4v) is 2.64. The lowest BCUT2D eigenvalue weighted by molar-refractivity contribution is -0.130. The van der Waals surface area contributed by atoms with Crippen LogP contribution in [0.2, 0.25) is 0 Å². The number of nitrogens with zero attached hydrogens (tertiary/aromatic N) is 2. The van der Waals surface area contributed by atoms with E-state index in [4.69, 9.17) is 0 Å². The number of aromatic nitrogens is 1. The van der Waals surface area contributed by atoms with Crippen LogP contribution >= 0.6 is 0 Å². The molecule has 0 radical (unpaired) electrons. The van der Waals surface area contributed by atoms with E-state index in [0.29, 0.717) is 12.3 Å². The van der Waals surface area contributed by atoms with Gasteiger partial charge in [-0.05, 0) is 50.4 Å². The van der Waals surface area contributed by atoms with E-state index in [1.54, 1.807) is 6.20 Å². The standard InChI is InChI=1S/C16H25N3O/c1-19(12-9-15-6-2-3-11-18-15)16(20)8-7-14-5-4-10-17-13-14/h2-3,6,11,14,17H,4-5,7-10,12-13H2,1H3. The summed E-state index contributed by atoms with van der Waals surface area (Å²) in [6.07, 6.45) is 6.82. The number of nitrogens with one attached hydrogen (secondary N) is 1. The van der Waals surface area contributed by atoms with Crippen LogP contribution in [0.15, 0.2) is 24.4 Å². The highest BCUT2D eigenvalue weighted by Gasteiger charge is 2.16. The fraction of sp³-hybridized carbons (Fsp3) is 0.625. The number of pyridine rings is 1. The summed E-state index contributed by atoms with van der Waals surface area (Å²) in [4.78, 5) is 18.2. The second kappa shape index (κ2) is 8.00. The molecule has 1 amide bonds. The average Bonchev–Trinajstić information content (AvgIpc) is 2.52. The smallest absolute Gasteiger partial charge is 0.222 e. The minimum absolute atomic E-state index is 0.256. The Hall–Kier alpha value is -1.42. The summed E-state index contributed by atoms with van der Waals surface area (Å²) in [5.41, 5.74) is 1.05. The molecule has 1 aliphatic heterocycles. The fourth-order valence-electron chi connectivity index (χ4n) is 2.64. The van der Waals surface area contributed by atoms with E-state index in [9.17, 15) is 4.79 Å². The number of likely N-dealkylation sites (N-methyl/N-ethyl adjacent to an activating group) is 1. The normalized spacial score (nSPS) is 18.8. The maximum Gasteiger partial charge on any atom is 0.222 e. The molecule has 0 bridgehead atoms. The molecule has 1 saturated heterocycles. The largest absolute Gasteiger partial charge is 0.345 e. The van der Waals surface area contributed by atoms with Gasteiger partial charge in [0.1, 0.15) is 0 Å². The Bertz CT molecular complexity index is 401. The van der Waals surface area contributed by atoms with E-state index in [-0.39, 0.29) is 5.91 Å². The maximum atomic E-state index is 12.1. The van der Waals surface area contributed by atoms with Crippen molar-refractivity contribution in [2.45, 2.75) is 32.1 Å². The first kappa shape index (κ1) is 15.0. The Labute approximate surface area is 121 Å². The topological polar surface area (TPSA) is 45.2 Å². The Morgan fingerprint density at radius 1 is 1.50 bits per heavy atom. The van der Waals surface area contributed by atoms with Crippen LogP contribution in [0.25, 0.3) is 0 Å². The summed E-state index contributed by atoms with van der Waals surface area (Å²) in [5.74, 6) is 0.934. The van der Waals surface area contributed by atoms with Crippen molar-refractivity contribution in [1.29, 1.82) is 0 Å². The molecule has 1 fully saturated rings. The first-order valence-corrected chi connectivity index (χ1v) is 7.60. The van der Waals surface area contributed by atoms with Crippen molar-refractivity contribution in [1.82, 2.24) is 15.2 Å². The number of rotatable bonds is 6. The molecule has 0 saturated carbocycles. The van der Waals surface area contributed by atoms with E-state index in [1.165, 1.54) is 12.8 Å². The van der Waals surface area contributed by atoms with Gasteiger partial charge in [0.15, 0.2) is 0 Å². The molecule has 1 atom stereocenters. The molecule has 4 nitrogen and oxygen atoms in total. The van der Waals surface area contributed by atoms with Crippen molar-refractivity contribution in [3.05, 3.63) is 30.1 Å². The van der Waals surface area contributed by atoms with Crippen molar-refractivity contribution in [2.75, 3.05) is 26.7 Å². The minimum Gasteiger partial charge on any atom is -0.345 e. The molecule has 1 aliphatic rings. The van der Waals surface area contributed by atoms with Gasteiger partial charge < -0.3 is 10.2 Å². The molecular formula is C16H25N3O. The quantitative estimate of drug-likeness (QED) is 0.862. The molecule has 0 aliphatic carbocycles. The highest BCUT2D eigenvalue weighted by molar-refractivity contribution is 5.75. The predicted octanol–water partition coefficient (Wildman–Crippen LogP) is 1.86. The van der Waals surface area contributed by atoms with Crippen molar-refractivity contribution < 1.29 is 4.79 Å². The summed E-state index contributed by atoms with van der Waals surface area (Å²) >= 11 is 0. The molecule has 2 rings (SSSR count). The van der Waals surface area contributed by atoms with Crippen LogP contribution in [-0.4, -0.2) is 42.5 Å². The molecule has 2 heterocycles. The van der Waals surface area contributed by atoms with Crippen molar-refractivity contribution >= 4 is 5.91 Å². The third-order valence-electron chi connectivity index (χ3n) is 4.02. The van der Waals surface area contributed by atoms with Gasteiger partial charge in [-0.2, -0.15) is 0 Å². The monoisotopic (exact) mass is 275 g/mol. The molecule has 1 N–H and O–H groups in total. The number of carbonyl (C=O) groups excluding carboxylic acids is 1. The first-order chi connectivity index (χ1) is 9.75. The van der Waals surface area contributed by atoms with Crippen molar-refractivity contribution in [3.63, 3.8) is 0 Å². The lowest BCUT2D eigenvalue weighted by Gasteiger charge is -2.23. The maximum absolute atomic E-state index is 12.1. The summed E-state index contributed by atoms with van der Waals surface area (Å²) in [7, 11) is 1.89. The number of carbonyl (C=O) groups is 1. The van der Waals surface area contributed by atoms with E-state index in [0.717, 1.165) is 38.2 Å². The Morgan fingerprint density at radius 3 is 3.10 bits per heavy atom. The number of piperidine rings is 1. The van der Waals surface area contributed by atoms with Gasteiger partial charge in [-0.1, -0.05) is 6.07 Å². The van der Waals surface area contributed by atoms with Crippen LogP contribution in [0, 0.1) is 5.92 Å². The van der Waals surface area contributed by atoms with E-state index in [2.05, 4.69) is 10.3 Å². The van der Waals surface area contributed by atoms with Crippen molar-refractivity contribution in [3.8, 4) is 0 Å². The molecule has 1 unspecified atom stereocenters. The molecule has 0 aromatic carbocycles. The van der Waals surface area contributed by atoms with Gasteiger partial charge in [-0.25, -0.2) is 0 Å². The number of hydrogen-bond acceptors (Lipinski definition) is 3. The highest BCUT2D eigenvalue weighted by atomic mass is 16.2. The van der Waals surface area contributed by atoms with Crippen LogP contribution < -0.4 is 5.32 Å². The zero-order chi connectivity index (χ0) is 14.2. The zero-order valence-electron chi connectivity index (χ0n) is 12.3. The van der Waals surface area contributed by atoms with Gasteiger partial charge in [-0.3, -0.25) is 9.78 Å². The second-order valence-electron chi connectivity index (χ2n) is 5.64. The Balaban J connectivity index is 1.66. The molecular weight excluding hydrogens is 250 g/mol. The Kier molecular flexibility index (Phi) is 5.99. The summed E-state index contributed by atoms with van der Waals surface area (Å²) in [6, 6.07) is 5.91. The predicted molar refractivity (Wildman–Crippen MR) is 80.4 cm³/mol. The Morgan fingerprint density at radius 2 is 2.40 bits per heavy atom. The molecule has 20 heavy (non-hydrogen) atoms. The van der Waals surface area contributed by atoms with Crippen molar-refractivity contribution in [2.24, 2.45) is 5.92 Å². The first-order valence-electron chi connectivity index (χ1n) is 7.60. The highest BCUT2D eigenvalue weighted by Crippen LogP contribution is 2.16. The lowest BCUT2D eigenvalue weighted by atomic mass is 9.94. The van der Waals surface area contributed by atoms with Gasteiger partial charge in [0, 0.05) is 38.3 Å². The van der Waals surface area contributed by atoms with E-state index in [1.807, 2.05) is 30.1 Å². The van der Waals surface area contributed by atoms with Gasteiger partial charge in [0.2, 0.25) is 5.91 Å². The van der Waals surface area contributed by atoms with Crippen LogP contribution in [0.4, 0.5) is 0 Å². The molecule has 0 spiro atoms. The van der Waals surface area contributed by atoms with Crippen LogP contribution in [0.1, 0.15) is 31.4 Å². The molecule has 4 heteroatoms. The molecule has 1 aromatic rings. The number of hydrogen-bond donors (Lipinski definition) is 1. The van der Waals surface area contributed by atoms with Gasteiger partial charge in [-0.15, -0.1) is 0 Å². The van der Waals surface area contributed by atoms with Crippen LogP contribution in [0.5, 0.6) is 0 Å². The summed E-state index contributed by atoms with van der Waals surface area (Å²) in [6.45, 7) is 2.96. The van der Waals surface area contributed by atoms with Crippen LogP contribution in [0.3, 0.4) is 0 Å². The van der Waals surface area contributed by atoms with E-state index >= 15 is 0 Å². The van der Waals surface area contributed by atoms with Gasteiger partial charge in [0.05, 0.1) is 0 Å². The molecule has 110 valence electrons. The minimum atomic E-state index is 0.256. The lowest BCUT2D eigenvalue weighted by Crippen LogP contribution is -2.32. The molecule has 1 aromatic heterocycles. The van der Waals surface area contributed by atoms with Crippen LogP contribution in [-0.2, 0) is 11.2 Å². The summed E-state index contributed by atoms with van der Waals surface area (Å²) in [5, 5.41) is 3.40.